The zero-order chi connectivity index (χ0) is 21.0. The summed E-state index contributed by atoms with van der Waals surface area (Å²) in [5.74, 6) is -2.23. The molecule has 0 aliphatic rings. The third-order valence-electron chi connectivity index (χ3n) is 4.41. The van der Waals surface area contributed by atoms with Crippen molar-refractivity contribution in [3.63, 3.8) is 0 Å². The maximum Gasteiger partial charge on any atom is 0.335 e. The molecule has 0 heterocycles. The maximum absolute atomic E-state index is 14.6. The summed E-state index contributed by atoms with van der Waals surface area (Å²) in [4.78, 5) is 11.0. The van der Waals surface area contributed by atoms with Crippen LogP contribution in [0.4, 0.5) is 14.5 Å². The lowest BCUT2D eigenvalue weighted by Gasteiger charge is -2.16. The fourth-order valence-electron chi connectivity index (χ4n) is 2.95. The number of carboxylic acid groups (broad SMARTS) is 1. The van der Waals surface area contributed by atoms with Crippen molar-refractivity contribution in [3.05, 3.63) is 94.6 Å². The summed E-state index contributed by atoms with van der Waals surface area (Å²) in [6.07, 6.45) is 0. The molecule has 0 aliphatic heterocycles. The van der Waals surface area contributed by atoms with Gasteiger partial charge in [-0.1, -0.05) is 24.3 Å². The van der Waals surface area contributed by atoms with Gasteiger partial charge in [0.2, 0.25) is 0 Å². The number of hydrogen-bond acceptors (Lipinski definition) is 4. The highest BCUT2D eigenvalue weighted by atomic mass is 19.1. The molecular formula is C22H18F2N2O3. The third kappa shape index (κ3) is 4.24. The molecule has 3 aromatic rings. The lowest BCUT2D eigenvalue weighted by Crippen LogP contribution is -2.13. The van der Waals surface area contributed by atoms with E-state index in [2.05, 4.69) is 5.32 Å². The highest BCUT2D eigenvalue weighted by Gasteiger charge is 2.19. The fraction of sp³-hybridized carbons (Fsp3) is 0.0909. The third-order valence-corrected chi connectivity index (χ3v) is 4.41. The second kappa shape index (κ2) is 8.52. The Balaban J connectivity index is 1.94. The van der Waals surface area contributed by atoms with Gasteiger partial charge in [-0.3, -0.25) is 5.41 Å². The Hall–Kier alpha value is -3.74. The first-order chi connectivity index (χ1) is 13.9. The smallest absolute Gasteiger partial charge is 0.335 e. The molecule has 0 unspecified atom stereocenters. The number of anilines is 1. The number of hydrogen-bond donors (Lipinski definition) is 3. The quantitative estimate of drug-likeness (QED) is 0.506. The second-order valence-corrected chi connectivity index (χ2v) is 6.20. The van der Waals surface area contributed by atoms with Crippen LogP contribution in [0.15, 0.2) is 60.7 Å². The van der Waals surface area contributed by atoms with Crippen LogP contribution in [0, 0.1) is 17.0 Å². The molecule has 0 saturated heterocycles. The van der Waals surface area contributed by atoms with Gasteiger partial charge in [0.15, 0.2) is 0 Å². The predicted molar refractivity (Wildman–Crippen MR) is 106 cm³/mol. The summed E-state index contributed by atoms with van der Waals surface area (Å²) in [5, 5.41) is 20.4. The number of aromatic carboxylic acids is 1. The van der Waals surface area contributed by atoms with Gasteiger partial charge in [-0.05, 0) is 36.4 Å². The molecule has 3 aromatic carbocycles. The highest BCUT2D eigenvalue weighted by molar-refractivity contribution is 6.14. The molecule has 0 bridgehead atoms. The van der Waals surface area contributed by atoms with E-state index in [1.165, 1.54) is 18.2 Å². The molecule has 0 aliphatic carbocycles. The summed E-state index contributed by atoms with van der Waals surface area (Å²) in [6, 6.07) is 14.7. The molecule has 7 heteroatoms. The van der Waals surface area contributed by atoms with Crippen LogP contribution >= 0.6 is 0 Å². The average molecular weight is 396 g/mol. The van der Waals surface area contributed by atoms with Gasteiger partial charge in [0.1, 0.15) is 17.4 Å². The first kappa shape index (κ1) is 20.0. The lowest BCUT2D eigenvalue weighted by atomic mass is 9.98. The maximum atomic E-state index is 14.6. The number of nitrogens with one attached hydrogen (secondary N) is 2. The number of carbonyl (C=O) groups is 1. The molecule has 0 saturated carbocycles. The Kier molecular flexibility index (Phi) is 5.87. The second-order valence-electron chi connectivity index (χ2n) is 6.20. The monoisotopic (exact) mass is 396 g/mol. The molecule has 0 spiro atoms. The minimum absolute atomic E-state index is 0.107. The minimum Gasteiger partial charge on any atom is -0.496 e. The first-order valence-corrected chi connectivity index (χ1v) is 8.68. The van der Waals surface area contributed by atoms with Crippen LogP contribution < -0.4 is 10.1 Å². The van der Waals surface area contributed by atoms with Crippen LogP contribution in [0.25, 0.3) is 0 Å². The van der Waals surface area contributed by atoms with Gasteiger partial charge < -0.3 is 15.2 Å². The SMILES string of the molecule is COc1ccccc1CNc1cccc(F)c1C(=N)c1ccc(C(=O)O)cc1F. The summed E-state index contributed by atoms with van der Waals surface area (Å²) in [7, 11) is 1.55. The van der Waals surface area contributed by atoms with E-state index >= 15 is 0 Å². The number of methoxy groups -OCH3 is 1. The largest absolute Gasteiger partial charge is 0.496 e. The van der Waals surface area contributed by atoms with Gasteiger partial charge in [-0.2, -0.15) is 0 Å². The van der Waals surface area contributed by atoms with E-state index in [1.807, 2.05) is 18.2 Å². The molecule has 3 N–H and O–H groups in total. The van der Waals surface area contributed by atoms with Crippen molar-refractivity contribution >= 4 is 17.4 Å². The van der Waals surface area contributed by atoms with Crippen molar-refractivity contribution in [2.45, 2.75) is 6.54 Å². The number of benzene rings is 3. The molecular weight excluding hydrogens is 378 g/mol. The van der Waals surface area contributed by atoms with Gasteiger partial charge in [-0.15, -0.1) is 0 Å². The molecule has 148 valence electrons. The summed E-state index contributed by atoms with van der Waals surface area (Å²) in [5.41, 5.74) is 0.198. The molecule has 0 radical (unpaired) electrons. The van der Waals surface area contributed by atoms with Crippen molar-refractivity contribution in [1.82, 2.24) is 0 Å². The molecule has 0 aromatic heterocycles. The fourth-order valence-corrected chi connectivity index (χ4v) is 2.95. The number of rotatable bonds is 7. The Morgan fingerprint density at radius 1 is 1.07 bits per heavy atom. The van der Waals surface area contributed by atoms with E-state index in [-0.39, 0.29) is 22.4 Å². The highest BCUT2D eigenvalue weighted by Crippen LogP contribution is 2.26. The molecule has 0 amide bonds. The molecule has 0 fully saturated rings. The van der Waals surface area contributed by atoms with Gasteiger partial charge >= 0.3 is 5.97 Å². The molecule has 29 heavy (non-hydrogen) atoms. The van der Waals surface area contributed by atoms with E-state index in [4.69, 9.17) is 15.3 Å². The van der Waals surface area contributed by atoms with E-state index in [1.54, 1.807) is 19.2 Å². The van der Waals surface area contributed by atoms with Crippen LogP contribution in [0.2, 0.25) is 0 Å². The Bertz CT molecular complexity index is 1080. The van der Waals surface area contributed by atoms with E-state index in [9.17, 15) is 13.6 Å². The summed E-state index contributed by atoms with van der Waals surface area (Å²) >= 11 is 0. The standard InChI is InChI=1S/C22H18F2N2O3/c1-29-19-8-3-2-5-14(19)12-26-18-7-4-6-16(23)20(18)21(25)15-10-9-13(22(27)28)11-17(15)24/h2-11,25-26H,12H2,1H3,(H,27,28). The summed E-state index contributed by atoms with van der Waals surface area (Å²) < 4.78 is 34.3. The Morgan fingerprint density at radius 3 is 2.52 bits per heavy atom. The number of carboxylic acids is 1. The number of ether oxygens (including phenoxy) is 1. The zero-order valence-electron chi connectivity index (χ0n) is 15.5. The first-order valence-electron chi connectivity index (χ1n) is 8.68. The van der Waals surface area contributed by atoms with E-state index in [0.717, 1.165) is 17.7 Å². The Morgan fingerprint density at radius 2 is 1.83 bits per heavy atom. The van der Waals surface area contributed by atoms with Crippen molar-refractivity contribution in [2.24, 2.45) is 0 Å². The van der Waals surface area contributed by atoms with Crippen LogP contribution in [0.3, 0.4) is 0 Å². The van der Waals surface area contributed by atoms with Crippen LogP contribution in [-0.2, 0) is 6.54 Å². The molecule has 5 nitrogen and oxygen atoms in total. The number of halogens is 2. The van der Waals surface area contributed by atoms with Gasteiger partial charge in [-0.25, -0.2) is 13.6 Å². The summed E-state index contributed by atoms with van der Waals surface area (Å²) in [6.45, 7) is 0.300. The lowest BCUT2D eigenvalue weighted by molar-refractivity contribution is 0.0696. The molecule has 0 atom stereocenters. The van der Waals surface area contributed by atoms with Crippen LogP contribution in [0.1, 0.15) is 27.0 Å². The van der Waals surface area contributed by atoms with Crippen molar-refractivity contribution < 1.29 is 23.4 Å². The normalized spacial score (nSPS) is 10.4. The topological polar surface area (TPSA) is 82.4 Å². The Labute approximate surface area is 166 Å². The van der Waals surface area contributed by atoms with Crippen molar-refractivity contribution in [2.75, 3.05) is 12.4 Å². The predicted octanol–water partition coefficient (Wildman–Crippen LogP) is 4.70. The van der Waals surface area contributed by atoms with E-state index < -0.39 is 17.6 Å². The molecule has 3 rings (SSSR count). The van der Waals surface area contributed by atoms with Gasteiger partial charge in [0, 0.05) is 23.4 Å². The average Bonchev–Trinajstić information content (AvgIpc) is 2.71. The minimum atomic E-state index is -1.29. The number of para-hydroxylation sites is 1. The van der Waals surface area contributed by atoms with Crippen LogP contribution in [0.5, 0.6) is 5.75 Å². The van der Waals surface area contributed by atoms with Crippen molar-refractivity contribution in [3.8, 4) is 5.75 Å². The van der Waals surface area contributed by atoms with Crippen LogP contribution in [-0.4, -0.2) is 23.9 Å². The van der Waals surface area contributed by atoms with Crippen molar-refractivity contribution in [1.29, 1.82) is 5.41 Å². The van der Waals surface area contributed by atoms with Gasteiger partial charge in [0.05, 0.1) is 23.9 Å². The zero-order valence-corrected chi connectivity index (χ0v) is 15.5. The van der Waals surface area contributed by atoms with Gasteiger partial charge in [0.25, 0.3) is 0 Å². The van der Waals surface area contributed by atoms with E-state index in [0.29, 0.717) is 18.0 Å².